The number of aromatic nitrogens is 3. The summed E-state index contributed by atoms with van der Waals surface area (Å²) in [6.45, 7) is 3.08. The van der Waals surface area contributed by atoms with E-state index in [4.69, 9.17) is 14.2 Å². The number of carbonyl (C=O) groups excluding carboxylic acids is 1. The number of nitrogens with one attached hydrogen (secondary N) is 2. The van der Waals surface area contributed by atoms with Crippen LogP contribution in [0.3, 0.4) is 0 Å². The standard InChI is InChI=1S/C25H27FN4O3/c1-13-16(12-33-30-13)23(31)29-20(21-24(6-7-24)25(21)8-9-25)22-27-17-3-2-15(18(26)19(17)28-22)14-4-10-32-11-5-14/h2-3,12,14,20-21H,4-11H2,1H3,(H,27,28)(H,29,31). The topological polar surface area (TPSA) is 93.0 Å². The summed E-state index contributed by atoms with van der Waals surface area (Å²) in [4.78, 5) is 21.2. The molecule has 2 N–H and O–H groups in total. The summed E-state index contributed by atoms with van der Waals surface area (Å²) in [5.41, 5.74) is 3.41. The number of aryl methyl sites for hydroxylation is 1. The summed E-state index contributed by atoms with van der Waals surface area (Å²) in [6.07, 6.45) is 7.86. The Hall–Kier alpha value is -2.74. The molecule has 4 fully saturated rings. The lowest BCUT2D eigenvalue weighted by molar-refractivity contribution is 0.0846. The number of carbonyl (C=O) groups is 1. The number of H-pyrrole nitrogens is 1. The molecule has 1 unspecified atom stereocenters. The largest absolute Gasteiger partial charge is 0.381 e. The van der Waals surface area contributed by atoms with Crippen molar-refractivity contribution in [1.29, 1.82) is 0 Å². The van der Waals surface area contributed by atoms with Crippen LogP contribution < -0.4 is 5.32 Å². The van der Waals surface area contributed by atoms with E-state index in [1.807, 2.05) is 12.1 Å². The number of ether oxygens (including phenoxy) is 1. The molecule has 3 aliphatic carbocycles. The minimum Gasteiger partial charge on any atom is -0.381 e. The molecular weight excluding hydrogens is 423 g/mol. The van der Waals surface area contributed by atoms with Crippen LogP contribution in [-0.2, 0) is 4.74 Å². The Morgan fingerprint density at radius 1 is 1.21 bits per heavy atom. The van der Waals surface area contributed by atoms with E-state index in [0.29, 0.717) is 63.6 Å². The second-order valence-electron chi connectivity index (χ2n) is 10.4. The van der Waals surface area contributed by atoms with Gasteiger partial charge >= 0.3 is 0 Å². The highest BCUT2D eigenvalue weighted by molar-refractivity contribution is 5.95. The van der Waals surface area contributed by atoms with Gasteiger partial charge in [-0.25, -0.2) is 9.37 Å². The fourth-order valence-corrected chi connectivity index (χ4v) is 6.89. The van der Waals surface area contributed by atoms with Crippen LogP contribution in [0.2, 0.25) is 0 Å². The molecule has 3 heterocycles. The smallest absolute Gasteiger partial charge is 0.257 e. The molecule has 2 aromatic heterocycles. The third kappa shape index (κ3) is 2.73. The normalized spacial score (nSPS) is 23.8. The van der Waals surface area contributed by atoms with E-state index in [1.165, 1.54) is 31.9 Å². The van der Waals surface area contributed by atoms with Gasteiger partial charge in [-0.1, -0.05) is 11.2 Å². The Bertz CT molecular complexity index is 1250. The summed E-state index contributed by atoms with van der Waals surface area (Å²) >= 11 is 0. The maximum Gasteiger partial charge on any atom is 0.257 e. The minimum absolute atomic E-state index is 0.156. The Morgan fingerprint density at radius 2 is 1.94 bits per heavy atom. The average Bonchev–Trinajstić information content (AvgIpc) is 3.77. The second-order valence-corrected chi connectivity index (χ2v) is 10.4. The number of rotatable bonds is 5. The van der Waals surface area contributed by atoms with Crippen molar-refractivity contribution in [1.82, 2.24) is 20.4 Å². The van der Waals surface area contributed by atoms with Gasteiger partial charge in [-0.15, -0.1) is 0 Å². The van der Waals surface area contributed by atoms with Gasteiger partial charge in [0.2, 0.25) is 0 Å². The third-order valence-corrected chi connectivity index (χ3v) is 8.89. The zero-order chi connectivity index (χ0) is 22.4. The van der Waals surface area contributed by atoms with E-state index in [0.717, 1.165) is 12.8 Å². The van der Waals surface area contributed by atoms with Crippen LogP contribution in [0.5, 0.6) is 0 Å². The number of aromatic amines is 1. The average molecular weight is 451 g/mol. The molecule has 1 aliphatic heterocycles. The van der Waals surface area contributed by atoms with Gasteiger partial charge in [0.05, 0.1) is 17.3 Å². The molecule has 3 saturated carbocycles. The van der Waals surface area contributed by atoms with Crippen LogP contribution in [0, 0.1) is 29.5 Å². The highest BCUT2D eigenvalue weighted by Gasteiger charge is 2.88. The molecule has 7 rings (SSSR count). The molecule has 4 aliphatic rings. The number of imidazole rings is 1. The van der Waals surface area contributed by atoms with Gasteiger partial charge in [-0.05, 0) is 79.7 Å². The molecule has 172 valence electrons. The lowest BCUT2D eigenvalue weighted by Gasteiger charge is -2.22. The van der Waals surface area contributed by atoms with Gasteiger partial charge in [-0.2, -0.15) is 0 Å². The molecule has 1 aromatic carbocycles. The molecule has 3 aromatic rings. The van der Waals surface area contributed by atoms with Crippen molar-refractivity contribution in [2.24, 2.45) is 16.7 Å². The van der Waals surface area contributed by atoms with Gasteiger partial charge in [-0.3, -0.25) is 4.79 Å². The quantitative estimate of drug-likeness (QED) is 0.595. The van der Waals surface area contributed by atoms with Crippen LogP contribution in [0.4, 0.5) is 4.39 Å². The highest BCUT2D eigenvalue weighted by Crippen LogP contribution is 2.94. The molecule has 0 radical (unpaired) electrons. The van der Waals surface area contributed by atoms with Gasteiger partial charge in [0, 0.05) is 13.2 Å². The van der Waals surface area contributed by atoms with E-state index in [1.54, 1.807) is 6.92 Å². The van der Waals surface area contributed by atoms with Crippen LogP contribution in [0.25, 0.3) is 11.0 Å². The first-order valence-corrected chi connectivity index (χ1v) is 12.0. The summed E-state index contributed by atoms with van der Waals surface area (Å²) in [5.74, 6) is 0.674. The first-order valence-electron chi connectivity index (χ1n) is 12.0. The maximum atomic E-state index is 15.6. The van der Waals surface area contributed by atoms with Crippen molar-refractivity contribution in [3.8, 4) is 0 Å². The van der Waals surface area contributed by atoms with Gasteiger partial charge < -0.3 is 19.6 Å². The van der Waals surface area contributed by atoms with Crippen molar-refractivity contribution in [3.63, 3.8) is 0 Å². The van der Waals surface area contributed by atoms with Crippen molar-refractivity contribution in [2.75, 3.05) is 13.2 Å². The first-order chi connectivity index (χ1) is 16.0. The van der Waals surface area contributed by atoms with Crippen molar-refractivity contribution < 1.29 is 18.4 Å². The molecular formula is C25H27FN4O3. The lowest BCUT2D eigenvalue weighted by Crippen LogP contribution is -2.32. The van der Waals surface area contributed by atoms with Gasteiger partial charge in [0.25, 0.3) is 5.91 Å². The maximum absolute atomic E-state index is 15.6. The van der Waals surface area contributed by atoms with Crippen molar-refractivity contribution in [3.05, 3.63) is 46.9 Å². The van der Waals surface area contributed by atoms with E-state index < -0.39 is 0 Å². The minimum atomic E-state index is -0.282. The first kappa shape index (κ1) is 19.7. The van der Waals surface area contributed by atoms with Crippen LogP contribution in [-0.4, -0.2) is 34.2 Å². The lowest BCUT2D eigenvalue weighted by atomic mass is 9.91. The van der Waals surface area contributed by atoms with Crippen molar-refractivity contribution in [2.45, 2.75) is 57.4 Å². The summed E-state index contributed by atoms with van der Waals surface area (Å²) in [5, 5.41) is 7.06. The Balaban J connectivity index is 1.26. The molecule has 2 spiro atoms. The van der Waals surface area contributed by atoms with Crippen LogP contribution in [0.1, 0.15) is 77.9 Å². The number of hydrogen-bond donors (Lipinski definition) is 2. The molecule has 33 heavy (non-hydrogen) atoms. The summed E-state index contributed by atoms with van der Waals surface area (Å²) in [6, 6.07) is 3.52. The van der Waals surface area contributed by atoms with Crippen molar-refractivity contribution >= 4 is 16.9 Å². The SMILES string of the molecule is Cc1nocc1C(=O)NC(c1nc2c(F)c(C3CCOCC3)ccc2[nH]1)C1C2(CC2)C12CC2. The van der Waals surface area contributed by atoms with E-state index in [9.17, 15) is 4.79 Å². The summed E-state index contributed by atoms with van der Waals surface area (Å²) in [7, 11) is 0. The number of nitrogens with zero attached hydrogens (tertiary/aromatic N) is 2. The molecule has 8 heteroatoms. The van der Waals surface area contributed by atoms with Gasteiger partial charge in [0.1, 0.15) is 23.2 Å². The van der Waals surface area contributed by atoms with Gasteiger partial charge in [0.15, 0.2) is 5.82 Å². The molecule has 1 saturated heterocycles. The van der Waals surface area contributed by atoms with E-state index in [-0.39, 0.29) is 23.7 Å². The third-order valence-electron chi connectivity index (χ3n) is 8.89. The number of hydrogen-bond acceptors (Lipinski definition) is 5. The van der Waals surface area contributed by atoms with Crippen LogP contribution >= 0.6 is 0 Å². The Kier molecular flexibility index (Phi) is 3.97. The number of amides is 1. The van der Waals surface area contributed by atoms with Crippen LogP contribution in [0.15, 0.2) is 22.9 Å². The molecule has 0 bridgehead atoms. The number of halogens is 1. The zero-order valence-corrected chi connectivity index (χ0v) is 18.6. The summed E-state index contributed by atoms with van der Waals surface area (Å²) < 4.78 is 26.0. The van der Waals surface area contributed by atoms with E-state index in [2.05, 4.69) is 15.5 Å². The Labute approximate surface area is 190 Å². The molecule has 7 nitrogen and oxygen atoms in total. The fourth-order valence-electron chi connectivity index (χ4n) is 6.89. The zero-order valence-electron chi connectivity index (χ0n) is 18.6. The predicted molar refractivity (Wildman–Crippen MR) is 117 cm³/mol. The number of benzene rings is 1. The Morgan fingerprint density at radius 3 is 2.58 bits per heavy atom. The second kappa shape index (κ2) is 6.65. The van der Waals surface area contributed by atoms with E-state index >= 15 is 4.39 Å². The highest BCUT2D eigenvalue weighted by atomic mass is 19.1. The monoisotopic (exact) mass is 450 g/mol. The molecule has 1 amide bonds. The number of fused-ring (bicyclic) bond motifs is 2. The fraction of sp³-hybridized carbons (Fsp3) is 0.560. The molecule has 1 atom stereocenters. The predicted octanol–water partition coefficient (Wildman–Crippen LogP) is 4.55.